The SMILES string of the molecule is COc1ccc(C)cc1CC(=O)OCC(=O)NCC(=O)NC(C)C. The summed E-state index contributed by atoms with van der Waals surface area (Å²) in [7, 11) is 1.52. The third kappa shape index (κ3) is 7.13. The van der Waals surface area contributed by atoms with E-state index in [1.165, 1.54) is 7.11 Å². The molecule has 0 aromatic heterocycles. The van der Waals surface area contributed by atoms with Crippen molar-refractivity contribution in [2.45, 2.75) is 33.2 Å². The van der Waals surface area contributed by atoms with E-state index in [4.69, 9.17) is 9.47 Å². The summed E-state index contributed by atoms with van der Waals surface area (Å²) in [4.78, 5) is 34.8. The maximum absolute atomic E-state index is 11.8. The molecule has 0 radical (unpaired) electrons. The van der Waals surface area contributed by atoms with Crippen LogP contribution < -0.4 is 15.4 Å². The first-order chi connectivity index (χ1) is 11.3. The number of carbonyl (C=O) groups excluding carboxylic acids is 3. The third-order valence-electron chi connectivity index (χ3n) is 3.03. The van der Waals surface area contributed by atoms with E-state index in [1.54, 1.807) is 6.07 Å². The number of methoxy groups -OCH3 is 1. The van der Waals surface area contributed by atoms with Crippen LogP contribution in [0.25, 0.3) is 0 Å². The molecule has 1 aromatic rings. The van der Waals surface area contributed by atoms with Crippen LogP contribution in [-0.4, -0.2) is 44.1 Å². The first-order valence-electron chi connectivity index (χ1n) is 7.67. The Morgan fingerprint density at radius 3 is 2.50 bits per heavy atom. The van der Waals surface area contributed by atoms with Crippen LogP contribution in [0.3, 0.4) is 0 Å². The molecule has 0 unspecified atom stereocenters. The van der Waals surface area contributed by atoms with Crippen LogP contribution in [0, 0.1) is 6.92 Å². The van der Waals surface area contributed by atoms with Crippen molar-refractivity contribution in [1.82, 2.24) is 10.6 Å². The average Bonchev–Trinajstić information content (AvgIpc) is 2.50. The Labute approximate surface area is 141 Å². The van der Waals surface area contributed by atoms with E-state index >= 15 is 0 Å². The zero-order valence-corrected chi connectivity index (χ0v) is 14.5. The molecular weight excluding hydrogens is 312 g/mol. The summed E-state index contributed by atoms with van der Waals surface area (Å²) >= 11 is 0. The number of benzene rings is 1. The van der Waals surface area contributed by atoms with Crippen molar-refractivity contribution < 1.29 is 23.9 Å². The lowest BCUT2D eigenvalue weighted by molar-refractivity contribution is -0.148. The van der Waals surface area contributed by atoms with Gasteiger partial charge in [0.15, 0.2) is 6.61 Å². The van der Waals surface area contributed by atoms with Gasteiger partial charge in [0, 0.05) is 11.6 Å². The quantitative estimate of drug-likeness (QED) is 0.683. The van der Waals surface area contributed by atoms with Crippen molar-refractivity contribution in [3.05, 3.63) is 29.3 Å². The highest BCUT2D eigenvalue weighted by atomic mass is 16.5. The summed E-state index contributed by atoms with van der Waals surface area (Å²) in [5.41, 5.74) is 1.69. The molecule has 2 N–H and O–H groups in total. The molecule has 0 aliphatic carbocycles. The lowest BCUT2D eigenvalue weighted by Crippen LogP contribution is -2.41. The van der Waals surface area contributed by atoms with E-state index in [-0.39, 0.29) is 24.9 Å². The molecule has 0 fully saturated rings. The Bertz CT molecular complexity index is 599. The molecule has 2 amide bonds. The van der Waals surface area contributed by atoms with Crippen molar-refractivity contribution in [3.8, 4) is 5.75 Å². The standard InChI is InChI=1S/C17H24N2O5/c1-11(2)19-15(20)9-18-16(21)10-24-17(22)8-13-7-12(3)5-6-14(13)23-4/h5-7,11H,8-10H2,1-4H3,(H,18,21)(H,19,20). The fraction of sp³-hybridized carbons (Fsp3) is 0.471. The number of amides is 2. The highest BCUT2D eigenvalue weighted by Gasteiger charge is 2.13. The van der Waals surface area contributed by atoms with Crippen molar-refractivity contribution in [1.29, 1.82) is 0 Å². The second kappa shape index (κ2) is 9.54. The van der Waals surface area contributed by atoms with E-state index in [0.29, 0.717) is 11.3 Å². The van der Waals surface area contributed by atoms with E-state index in [2.05, 4.69) is 10.6 Å². The summed E-state index contributed by atoms with van der Waals surface area (Å²) in [6, 6.07) is 5.48. The van der Waals surface area contributed by atoms with Gasteiger partial charge in [-0.05, 0) is 26.8 Å². The number of ether oxygens (including phenoxy) is 2. The molecular formula is C17H24N2O5. The molecule has 7 heteroatoms. The number of aryl methyl sites for hydroxylation is 1. The van der Waals surface area contributed by atoms with E-state index in [9.17, 15) is 14.4 Å². The molecule has 0 atom stereocenters. The smallest absolute Gasteiger partial charge is 0.310 e. The average molecular weight is 336 g/mol. The lowest BCUT2D eigenvalue weighted by atomic mass is 10.1. The molecule has 24 heavy (non-hydrogen) atoms. The maximum atomic E-state index is 11.8. The number of esters is 1. The topological polar surface area (TPSA) is 93.7 Å². The normalized spacial score (nSPS) is 10.2. The Kier molecular flexibility index (Phi) is 7.74. The number of carbonyl (C=O) groups is 3. The molecule has 0 heterocycles. The third-order valence-corrected chi connectivity index (χ3v) is 3.03. The summed E-state index contributed by atoms with van der Waals surface area (Å²) in [5, 5.41) is 5.02. The van der Waals surface area contributed by atoms with Crippen molar-refractivity contribution in [3.63, 3.8) is 0 Å². The Morgan fingerprint density at radius 2 is 1.88 bits per heavy atom. The first kappa shape index (κ1) is 19.5. The van der Waals surface area contributed by atoms with Gasteiger partial charge in [-0.15, -0.1) is 0 Å². The number of nitrogens with one attached hydrogen (secondary N) is 2. The van der Waals surface area contributed by atoms with Crippen LogP contribution in [0.2, 0.25) is 0 Å². The second-order valence-electron chi connectivity index (χ2n) is 5.65. The van der Waals surface area contributed by atoms with Gasteiger partial charge in [-0.2, -0.15) is 0 Å². The van der Waals surface area contributed by atoms with Gasteiger partial charge in [-0.25, -0.2) is 0 Å². The molecule has 0 spiro atoms. The fourth-order valence-electron chi connectivity index (χ4n) is 2.00. The van der Waals surface area contributed by atoms with Gasteiger partial charge in [0.25, 0.3) is 5.91 Å². The first-order valence-corrected chi connectivity index (χ1v) is 7.67. The number of hydrogen-bond acceptors (Lipinski definition) is 5. The molecule has 1 rings (SSSR count). The van der Waals surface area contributed by atoms with Crippen molar-refractivity contribution in [2.75, 3.05) is 20.3 Å². The van der Waals surface area contributed by atoms with Gasteiger partial charge in [-0.3, -0.25) is 14.4 Å². The van der Waals surface area contributed by atoms with E-state index < -0.39 is 18.5 Å². The molecule has 0 aliphatic rings. The minimum atomic E-state index is -0.541. The number of rotatable bonds is 8. The number of hydrogen-bond donors (Lipinski definition) is 2. The predicted molar refractivity (Wildman–Crippen MR) is 88.7 cm³/mol. The highest BCUT2D eigenvalue weighted by molar-refractivity contribution is 5.86. The zero-order chi connectivity index (χ0) is 18.1. The molecule has 0 aliphatic heterocycles. The monoisotopic (exact) mass is 336 g/mol. The van der Waals surface area contributed by atoms with Gasteiger partial charge >= 0.3 is 5.97 Å². The van der Waals surface area contributed by atoms with E-state index in [0.717, 1.165) is 5.56 Å². The van der Waals surface area contributed by atoms with Crippen LogP contribution in [0.4, 0.5) is 0 Å². The van der Waals surface area contributed by atoms with E-state index in [1.807, 2.05) is 32.9 Å². The Hall–Kier alpha value is -2.57. The van der Waals surface area contributed by atoms with Gasteiger partial charge < -0.3 is 20.1 Å². The van der Waals surface area contributed by atoms with Gasteiger partial charge in [0.1, 0.15) is 5.75 Å². The Balaban J connectivity index is 2.40. The van der Waals surface area contributed by atoms with Crippen LogP contribution >= 0.6 is 0 Å². The molecule has 0 saturated heterocycles. The minimum Gasteiger partial charge on any atom is -0.496 e. The fourth-order valence-corrected chi connectivity index (χ4v) is 2.00. The largest absolute Gasteiger partial charge is 0.496 e. The molecule has 1 aromatic carbocycles. The molecule has 7 nitrogen and oxygen atoms in total. The molecule has 132 valence electrons. The maximum Gasteiger partial charge on any atom is 0.310 e. The Morgan fingerprint density at radius 1 is 1.17 bits per heavy atom. The summed E-state index contributed by atoms with van der Waals surface area (Å²) in [6.45, 7) is 4.97. The van der Waals surface area contributed by atoms with Gasteiger partial charge in [0.05, 0.1) is 20.1 Å². The second-order valence-corrected chi connectivity index (χ2v) is 5.65. The zero-order valence-electron chi connectivity index (χ0n) is 14.5. The summed E-state index contributed by atoms with van der Waals surface area (Å²) < 4.78 is 10.1. The van der Waals surface area contributed by atoms with Crippen LogP contribution in [0.15, 0.2) is 18.2 Å². The predicted octanol–water partition coefficient (Wildman–Crippen LogP) is 0.730. The lowest BCUT2D eigenvalue weighted by Gasteiger charge is -2.11. The van der Waals surface area contributed by atoms with Crippen molar-refractivity contribution in [2.24, 2.45) is 0 Å². The molecule has 0 bridgehead atoms. The van der Waals surface area contributed by atoms with Crippen LogP contribution in [-0.2, 0) is 25.5 Å². The van der Waals surface area contributed by atoms with Crippen LogP contribution in [0.5, 0.6) is 5.75 Å². The highest BCUT2D eigenvalue weighted by Crippen LogP contribution is 2.20. The minimum absolute atomic E-state index is 0.00320. The summed E-state index contributed by atoms with van der Waals surface area (Å²) in [6.07, 6.45) is 0.00592. The summed E-state index contributed by atoms with van der Waals surface area (Å²) in [5.74, 6) is -0.777. The van der Waals surface area contributed by atoms with Gasteiger partial charge in [-0.1, -0.05) is 17.7 Å². The van der Waals surface area contributed by atoms with Crippen LogP contribution in [0.1, 0.15) is 25.0 Å². The molecule has 0 saturated carbocycles. The van der Waals surface area contributed by atoms with Gasteiger partial charge in [0.2, 0.25) is 5.91 Å². The van der Waals surface area contributed by atoms with Crippen molar-refractivity contribution >= 4 is 17.8 Å².